The standard InChI is InChI=1S/C22H19ClN4O3/c23-17-6-4-15(5-7-17)20(28)18-19(16-3-1-8-24-13-16)27(22(30)21(18)29)11-2-10-26-12-9-25-14-26/h1,3-9,12-14,19,28H,2,10-11H2/t19-/m0/s1. The normalized spacial score (nSPS) is 18.2. The van der Waals surface area contributed by atoms with Crippen molar-refractivity contribution in [3.63, 3.8) is 0 Å². The topological polar surface area (TPSA) is 88.3 Å². The van der Waals surface area contributed by atoms with E-state index in [1.807, 2.05) is 10.8 Å². The van der Waals surface area contributed by atoms with Gasteiger partial charge in [0.05, 0.1) is 17.9 Å². The Labute approximate surface area is 178 Å². The number of amides is 1. The van der Waals surface area contributed by atoms with Gasteiger partial charge >= 0.3 is 0 Å². The molecule has 2 aromatic heterocycles. The molecule has 1 aromatic carbocycles. The van der Waals surface area contributed by atoms with Crippen LogP contribution in [0, 0.1) is 0 Å². The summed E-state index contributed by atoms with van der Waals surface area (Å²) in [5, 5.41) is 11.4. The average molecular weight is 423 g/mol. The van der Waals surface area contributed by atoms with E-state index < -0.39 is 17.7 Å². The third-order valence-corrected chi connectivity index (χ3v) is 5.28. The Bertz CT molecular complexity index is 1080. The number of aryl methyl sites for hydroxylation is 1. The molecule has 0 radical (unpaired) electrons. The number of Topliss-reactive ketones (excluding diaryl/α,β-unsaturated/α-hetero) is 1. The lowest BCUT2D eigenvalue weighted by molar-refractivity contribution is -0.139. The summed E-state index contributed by atoms with van der Waals surface area (Å²) in [6.07, 6.45) is 9.08. The van der Waals surface area contributed by atoms with Gasteiger partial charge in [-0.05, 0) is 42.3 Å². The largest absolute Gasteiger partial charge is 0.507 e. The van der Waals surface area contributed by atoms with E-state index in [0.29, 0.717) is 35.7 Å². The number of benzene rings is 1. The minimum atomic E-state index is -0.711. The van der Waals surface area contributed by atoms with Crippen LogP contribution in [0.25, 0.3) is 5.76 Å². The second kappa shape index (κ2) is 8.51. The molecular weight excluding hydrogens is 404 g/mol. The van der Waals surface area contributed by atoms with Crippen LogP contribution in [0.1, 0.15) is 23.6 Å². The van der Waals surface area contributed by atoms with Crippen molar-refractivity contribution < 1.29 is 14.7 Å². The van der Waals surface area contributed by atoms with Crippen molar-refractivity contribution in [2.75, 3.05) is 6.54 Å². The molecular formula is C22H19ClN4O3. The number of carbonyl (C=O) groups excluding carboxylic acids is 2. The van der Waals surface area contributed by atoms with E-state index in [0.717, 1.165) is 0 Å². The molecule has 3 heterocycles. The minimum Gasteiger partial charge on any atom is -0.507 e. The van der Waals surface area contributed by atoms with E-state index in [4.69, 9.17) is 11.6 Å². The number of aliphatic hydroxyl groups excluding tert-OH is 1. The molecule has 4 rings (SSSR count). The molecule has 1 fully saturated rings. The Morgan fingerprint density at radius 2 is 1.87 bits per heavy atom. The van der Waals surface area contributed by atoms with Gasteiger partial charge in [-0.3, -0.25) is 14.6 Å². The van der Waals surface area contributed by atoms with Crippen molar-refractivity contribution in [1.29, 1.82) is 0 Å². The quantitative estimate of drug-likeness (QED) is 0.373. The molecule has 0 saturated carbocycles. The molecule has 3 aromatic rings. The van der Waals surface area contributed by atoms with Gasteiger partial charge in [-0.25, -0.2) is 4.98 Å². The minimum absolute atomic E-state index is 0.0537. The Balaban J connectivity index is 1.71. The lowest BCUT2D eigenvalue weighted by Gasteiger charge is -2.25. The number of halogens is 1. The first kappa shape index (κ1) is 19.8. The summed E-state index contributed by atoms with van der Waals surface area (Å²) in [6.45, 7) is 1.000. The van der Waals surface area contributed by atoms with E-state index in [-0.39, 0.29) is 11.3 Å². The Morgan fingerprint density at radius 1 is 1.07 bits per heavy atom. The average Bonchev–Trinajstić information content (AvgIpc) is 3.37. The number of aliphatic hydroxyl groups is 1. The zero-order chi connectivity index (χ0) is 21.1. The zero-order valence-electron chi connectivity index (χ0n) is 16.0. The van der Waals surface area contributed by atoms with Crippen molar-refractivity contribution in [2.45, 2.75) is 19.0 Å². The molecule has 1 saturated heterocycles. The number of pyridine rings is 1. The molecule has 8 heteroatoms. The first-order chi connectivity index (χ1) is 14.6. The van der Waals surface area contributed by atoms with Crippen LogP contribution in [0.15, 0.2) is 73.1 Å². The number of imidazole rings is 1. The van der Waals surface area contributed by atoms with Crippen LogP contribution in [0.5, 0.6) is 0 Å². The number of carbonyl (C=O) groups is 2. The molecule has 0 aliphatic carbocycles. The predicted molar refractivity (Wildman–Crippen MR) is 112 cm³/mol. The van der Waals surface area contributed by atoms with Crippen molar-refractivity contribution in [3.05, 3.63) is 89.2 Å². The van der Waals surface area contributed by atoms with Gasteiger partial charge < -0.3 is 14.6 Å². The molecule has 1 atom stereocenters. The first-order valence-electron chi connectivity index (χ1n) is 9.46. The Kier molecular flexibility index (Phi) is 5.63. The highest BCUT2D eigenvalue weighted by atomic mass is 35.5. The monoisotopic (exact) mass is 422 g/mol. The van der Waals surface area contributed by atoms with Gasteiger partial charge in [0.25, 0.3) is 11.7 Å². The van der Waals surface area contributed by atoms with Crippen molar-refractivity contribution in [3.8, 4) is 0 Å². The lowest BCUT2D eigenvalue weighted by Crippen LogP contribution is -2.31. The predicted octanol–water partition coefficient (Wildman–Crippen LogP) is 3.44. The molecule has 1 N–H and O–H groups in total. The van der Waals surface area contributed by atoms with Gasteiger partial charge in [0.1, 0.15) is 5.76 Å². The van der Waals surface area contributed by atoms with Crippen LogP contribution >= 0.6 is 11.6 Å². The number of hydrogen-bond donors (Lipinski definition) is 1. The van der Waals surface area contributed by atoms with Gasteiger partial charge in [-0.1, -0.05) is 17.7 Å². The van der Waals surface area contributed by atoms with Crippen LogP contribution in [0.3, 0.4) is 0 Å². The lowest BCUT2D eigenvalue weighted by atomic mass is 9.96. The third kappa shape index (κ3) is 3.84. The summed E-state index contributed by atoms with van der Waals surface area (Å²) >= 11 is 5.93. The second-order valence-electron chi connectivity index (χ2n) is 6.94. The van der Waals surface area contributed by atoms with Crippen molar-refractivity contribution >= 4 is 29.1 Å². The molecule has 152 valence electrons. The molecule has 1 amide bonds. The van der Waals surface area contributed by atoms with Crippen LogP contribution in [0.4, 0.5) is 0 Å². The first-order valence-corrected chi connectivity index (χ1v) is 9.84. The fourth-order valence-corrected chi connectivity index (χ4v) is 3.73. The van der Waals surface area contributed by atoms with Crippen molar-refractivity contribution in [2.24, 2.45) is 0 Å². The van der Waals surface area contributed by atoms with Crippen LogP contribution < -0.4 is 0 Å². The smallest absolute Gasteiger partial charge is 0.295 e. The van der Waals surface area contributed by atoms with E-state index in [1.54, 1.807) is 61.3 Å². The van der Waals surface area contributed by atoms with Gasteiger partial charge in [0.15, 0.2) is 0 Å². The second-order valence-corrected chi connectivity index (χ2v) is 7.38. The van der Waals surface area contributed by atoms with Crippen molar-refractivity contribution in [1.82, 2.24) is 19.4 Å². The van der Waals surface area contributed by atoms with Gasteiger partial charge in [0.2, 0.25) is 0 Å². The van der Waals surface area contributed by atoms with E-state index in [9.17, 15) is 14.7 Å². The fraction of sp³-hybridized carbons (Fsp3) is 0.182. The number of rotatable bonds is 6. The fourth-order valence-electron chi connectivity index (χ4n) is 3.60. The maximum atomic E-state index is 12.9. The summed E-state index contributed by atoms with van der Waals surface area (Å²) in [6, 6.07) is 9.30. The van der Waals surface area contributed by atoms with Gasteiger partial charge in [0, 0.05) is 48.5 Å². The molecule has 1 aliphatic rings. The van der Waals surface area contributed by atoms with E-state index in [2.05, 4.69) is 9.97 Å². The third-order valence-electron chi connectivity index (χ3n) is 5.03. The summed E-state index contributed by atoms with van der Waals surface area (Å²) in [7, 11) is 0. The van der Waals surface area contributed by atoms with Crippen LogP contribution in [0.2, 0.25) is 5.02 Å². The number of aromatic nitrogens is 3. The highest BCUT2D eigenvalue weighted by Crippen LogP contribution is 2.39. The number of ketones is 1. The Morgan fingerprint density at radius 3 is 2.53 bits per heavy atom. The maximum absolute atomic E-state index is 12.9. The number of hydrogen-bond acceptors (Lipinski definition) is 5. The SMILES string of the molecule is O=C1C(=O)N(CCCn2ccnc2)[C@@H](c2cccnc2)C1=C(O)c1ccc(Cl)cc1. The van der Waals surface area contributed by atoms with E-state index >= 15 is 0 Å². The molecule has 7 nitrogen and oxygen atoms in total. The molecule has 0 bridgehead atoms. The summed E-state index contributed by atoms with van der Waals surface area (Å²) in [4.78, 5) is 35.4. The number of likely N-dealkylation sites (tertiary alicyclic amines) is 1. The summed E-state index contributed by atoms with van der Waals surface area (Å²) < 4.78 is 1.91. The van der Waals surface area contributed by atoms with E-state index in [1.165, 1.54) is 4.90 Å². The molecule has 30 heavy (non-hydrogen) atoms. The highest BCUT2D eigenvalue weighted by Gasteiger charge is 2.45. The van der Waals surface area contributed by atoms with Gasteiger partial charge in [-0.15, -0.1) is 0 Å². The molecule has 0 spiro atoms. The van der Waals surface area contributed by atoms with Crippen LogP contribution in [-0.4, -0.2) is 42.8 Å². The number of nitrogens with zero attached hydrogens (tertiary/aromatic N) is 4. The zero-order valence-corrected chi connectivity index (χ0v) is 16.7. The maximum Gasteiger partial charge on any atom is 0.295 e. The Hall–Kier alpha value is -3.45. The van der Waals surface area contributed by atoms with Crippen LogP contribution in [-0.2, 0) is 16.1 Å². The molecule has 1 aliphatic heterocycles. The summed E-state index contributed by atoms with van der Waals surface area (Å²) in [5.74, 6) is -1.57. The summed E-state index contributed by atoms with van der Waals surface area (Å²) in [5.41, 5.74) is 1.14. The highest BCUT2D eigenvalue weighted by molar-refractivity contribution is 6.46. The van der Waals surface area contributed by atoms with Gasteiger partial charge in [-0.2, -0.15) is 0 Å². The molecule has 0 unspecified atom stereocenters.